The highest BCUT2D eigenvalue weighted by atomic mass is 16.4. The van der Waals surface area contributed by atoms with Crippen LogP contribution in [0.5, 0.6) is 0 Å². The number of pyridine rings is 1. The highest BCUT2D eigenvalue weighted by Gasteiger charge is 2.09. The molecular weight excluding hydrogens is 266 g/mol. The van der Waals surface area contributed by atoms with Gasteiger partial charge < -0.3 is 9.67 Å². The lowest BCUT2D eigenvalue weighted by Crippen LogP contribution is -2.22. The summed E-state index contributed by atoms with van der Waals surface area (Å²) in [6, 6.07) is 9.70. The molecule has 2 aromatic rings. The molecule has 0 aliphatic rings. The van der Waals surface area contributed by atoms with Gasteiger partial charge >= 0.3 is 5.97 Å². The molecule has 0 saturated heterocycles. The van der Waals surface area contributed by atoms with Crippen LogP contribution < -0.4 is 5.56 Å². The van der Waals surface area contributed by atoms with Crippen molar-refractivity contribution >= 4 is 5.97 Å². The van der Waals surface area contributed by atoms with Gasteiger partial charge in [-0.1, -0.05) is 18.2 Å². The highest BCUT2D eigenvalue weighted by Crippen LogP contribution is 2.21. The predicted molar refractivity (Wildman–Crippen MR) is 82.5 cm³/mol. The molecule has 2 rings (SSSR count). The van der Waals surface area contributed by atoms with Gasteiger partial charge in [0.1, 0.15) is 0 Å². The molecule has 1 aromatic heterocycles. The minimum Gasteiger partial charge on any atom is -0.481 e. The Hall–Kier alpha value is -2.36. The molecule has 0 aliphatic heterocycles. The normalized spacial score (nSPS) is 10.6. The molecular formula is C17H19NO3. The zero-order chi connectivity index (χ0) is 15.6. The van der Waals surface area contributed by atoms with Gasteiger partial charge in [0.2, 0.25) is 0 Å². The number of aromatic nitrogens is 1. The quantitative estimate of drug-likeness (QED) is 0.939. The Morgan fingerprint density at radius 1 is 1.14 bits per heavy atom. The molecule has 110 valence electrons. The van der Waals surface area contributed by atoms with Crippen LogP contribution in [0.3, 0.4) is 0 Å². The van der Waals surface area contributed by atoms with E-state index in [4.69, 9.17) is 5.11 Å². The number of nitrogens with zero attached hydrogens (tertiary/aromatic N) is 1. The summed E-state index contributed by atoms with van der Waals surface area (Å²) in [7, 11) is 1.72. The first-order chi connectivity index (χ1) is 9.90. The van der Waals surface area contributed by atoms with Crippen LogP contribution in [-0.2, 0) is 18.3 Å². The van der Waals surface area contributed by atoms with Crippen molar-refractivity contribution in [3.8, 4) is 11.3 Å². The van der Waals surface area contributed by atoms with Crippen LogP contribution in [0.1, 0.15) is 23.1 Å². The highest BCUT2D eigenvalue weighted by molar-refractivity contribution is 5.67. The van der Waals surface area contributed by atoms with Gasteiger partial charge in [-0.15, -0.1) is 0 Å². The lowest BCUT2D eigenvalue weighted by molar-refractivity contribution is -0.136. The lowest BCUT2D eigenvalue weighted by atomic mass is 10.0. The molecule has 1 heterocycles. The molecule has 4 nitrogen and oxygen atoms in total. The van der Waals surface area contributed by atoms with Gasteiger partial charge in [-0.3, -0.25) is 9.59 Å². The molecule has 1 aromatic carbocycles. The number of carboxylic acid groups (broad SMARTS) is 1. The molecule has 0 atom stereocenters. The zero-order valence-corrected chi connectivity index (χ0v) is 12.5. The number of benzene rings is 1. The van der Waals surface area contributed by atoms with E-state index in [1.807, 2.05) is 32.0 Å². The van der Waals surface area contributed by atoms with Crippen LogP contribution in [0.4, 0.5) is 0 Å². The van der Waals surface area contributed by atoms with E-state index in [0.717, 1.165) is 11.3 Å². The maximum Gasteiger partial charge on any atom is 0.303 e. The number of aryl methyl sites for hydroxylation is 3. The number of hydrogen-bond acceptors (Lipinski definition) is 2. The van der Waals surface area contributed by atoms with E-state index in [9.17, 15) is 9.59 Å². The zero-order valence-electron chi connectivity index (χ0n) is 12.5. The molecule has 0 aliphatic carbocycles. The van der Waals surface area contributed by atoms with Crippen molar-refractivity contribution in [2.24, 2.45) is 7.05 Å². The smallest absolute Gasteiger partial charge is 0.303 e. The van der Waals surface area contributed by atoms with E-state index in [1.54, 1.807) is 17.7 Å². The topological polar surface area (TPSA) is 59.3 Å². The summed E-state index contributed by atoms with van der Waals surface area (Å²) in [5, 5.41) is 8.72. The Labute approximate surface area is 123 Å². The fourth-order valence-corrected chi connectivity index (χ4v) is 2.31. The van der Waals surface area contributed by atoms with Crippen molar-refractivity contribution in [1.82, 2.24) is 4.57 Å². The third-order valence-corrected chi connectivity index (χ3v) is 3.79. The minimum atomic E-state index is -0.893. The van der Waals surface area contributed by atoms with Gasteiger partial charge in [0.05, 0.1) is 5.69 Å². The lowest BCUT2D eigenvalue weighted by Gasteiger charge is -2.12. The summed E-state index contributed by atoms with van der Waals surface area (Å²) < 4.78 is 1.58. The van der Waals surface area contributed by atoms with Crippen molar-refractivity contribution in [1.29, 1.82) is 0 Å². The molecule has 0 radical (unpaired) electrons. The average Bonchev–Trinajstić information content (AvgIpc) is 2.43. The molecule has 0 bridgehead atoms. The molecule has 0 unspecified atom stereocenters. The second-order valence-corrected chi connectivity index (χ2v) is 5.30. The number of aliphatic carboxylic acids is 1. The molecule has 0 fully saturated rings. The molecule has 0 amide bonds. The first kappa shape index (κ1) is 15.0. The Morgan fingerprint density at radius 2 is 1.86 bits per heavy atom. The summed E-state index contributed by atoms with van der Waals surface area (Å²) in [5.41, 5.74) is 4.61. The third-order valence-electron chi connectivity index (χ3n) is 3.79. The first-order valence-corrected chi connectivity index (χ1v) is 6.88. The monoisotopic (exact) mass is 285 g/mol. The Balaban J connectivity index is 2.42. The largest absolute Gasteiger partial charge is 0.481 e. The van der Waals surface area contributed by atoms with E-state index in [2.05, 4.69) is 6.07 Å². The standard InChI is InChI=1S/C17H19NO3/c1-11-4-5-14(10-12(11)2)15-8-6-13(7-9-16(19)20)17(21)18(15)3/h4-6,8,10H,7,9H2,1-3H3,(H,19,20). The molecule has 21 heavy (non-hydrogen) atoms. The van der Waals surface area contributed by atoms with E-state index in [-0.39, 0.29) is 18.4 Å². The van der Waals surface area contributed by atoms with Crippen molar-refractivity contribution in [3.63, 3.8) is 0 Å². The van der Waals surface area contributed by atoms with E-state index >= 15 is 0 Å². The SMILES string of the molecule is Cc1ccc(-c2ccc(CCC(=O)O)c(=O)n2C)cc1C. The second-order valence-electron chi connectivity index (χ2n) is 5.30. The van der Waals surface area contributed by atoms with Crippen LogP contribution in [0, 0.1) is 13.8 Å². The van der Waals surface area contributed by atoms with Gasteiger partial charge in [-0.25, -0.2) is 0 Å². The molecule has 0 saturated carbocycles. The number of hydrogen-bond donors (Lipinski definition) is 1. The van der Waals surface area contributed by atoms with Crippen LogP contribution in [0.25, 0.3) is 11.3 Å². The third kappa shape index (κ3) is 3.21. The summed E-state index contributed by atoms with van der Waals surface area (Å²) >= 11 is 0. The molecule has 1 N–H and O–H groups in total. The summed E-state index contributed by atoms with van der Waals surface area (Å²) in [4.78, 5) is 22.9. The summed E-state index contributed by atoms with van der Waals surface area (Å²) in [5.74, 6) is -0.893. The van der Waals surface area contributed by atoms with Crippen LogP contribution in [0.15, 0.2) is 35.1 Å². The average molecular weight is 285 g/mol. The van der Waals surface area contributed by atoms with Gasteiger partial charge in [-0.2, -0.15) is 0 Å². The molecule has 0 spiro atoms. The predicted octanol–water partition coefficient (Wildman–Crippen LogP) is 2.69. The summed E-state index contributed by atoms with van der Waals surface area (Å²) in [6.07, 6.45) is 0.230. The fourth-order valence-electron chi connectivity index (χ4n) is 2.31. The molecule has 4 heteroatoms. The number of rotatable bonds is 4. The maximum absolute atomic E-state index is 12.3. The second kappa shape index (κ2) is 5.95. The van der Waals surface area contributed by atoms with Crippen molar-refractivity contribution in [2.75, 3.05) is 0 Å². The van der Waals surface area contributed by atoms with Gasteiger partial charge in [0.25, 0.3) is 5.56 Å². The van der Waals surface area contributed by atoms with E-state index in [1.165, 1.54) is 11.1 Å². The van der Waals surface area contributed by atoms with Crippen molar-refractivity contribution in [2.45, 2.75) is 26.7 Å². The minimum absolute atomic E-state index is 0.0295. The summed E-state index contributed by atoms with van der Waals surface area (Å²) in [6.45, 7) is 4.09. The maximum atomic E-state index is 12.3. The van der Waals surface area contributed by atoms with Crippen molar-refractivity contribution < 1.29 is 9.90 Å². The Morgan fingerprint density at radius 3 is 2.48 bits per heavy atom. The van der Waals surface area contributed by atoms with Crippen LogP contribution in [-0.4, -0.2) is 15.6 Å². The fraction of sp³-hybridized carbons (Fsp3) is 0.294. The van der Waals surface area contributed by atoms with Gasteiger partial charge in [0, 0.05) is 19.0 Å². The van der Waals surface area contributed by atoms with Gasteiger partial charge in [-0.05, 0) is 49.1 Å². The first-order valence-electron chi connectivity index (χ1n) is 6.88. The number of carboxylic acids is 1. The van der Waals surface area contributed by atoms with Gasteiger partial charge in [0.15, 0.2) is 0 Å². The van der Waals surface area contributed by atoms with Crippen LogP contribution >= 0.6 is 0 Å². The Bertz CT molecular complexity index is 744. The van der Waals surface area contributed by atoms with E-state index < -0.39 is 5.97 Å². The number of carbonyl (C=O) groups is 1. The Kier molecular flexibility index (Phi) is 4.26. The van der Waals surface area contributed by atoms with E-state index in [0.29, 0.717) is 5.56 Å². The van der Waals surface area contributed by atoms with Crippen LogP contribution in [0.2, 0.25) is 0 Å². The van der Waals surface area contributed by atoms with Crippen molar-refractivity contribution in [3.05, 3.63) is 57.4 Å².